The molecule has 0 radical (unpaired) electrons. The molecule has 0 heterocycles. The Labute approximate surface area is 154 Å². The number of carbonyl (C=O) groups is 2. The number of anilines is 1. The van der Waals surface area contributed by atoms with E-state index in [1.54, 1.807) is 18.2 Å². The van der Waals surface area contributed by atoms with Crippen LogP contribution in [0.1, 0.15) is 5.56 Å². The van der Waals surface area contributed by atoms with Crippen LogP contribution in [0.3, 0.4) is 0 Å². The maximum Gasteiger partial charge on any atom is 0.319 e. The average molecular weight is 369 g/mol. The van der Waals surface area contributed by atoms with E-state index in [0.29, 0.717) is 11.4 Å². The number of hydrogen-bond acceptors (Lipinski definition) is 3. The minimum Gasteiger partial charge on any atom is -0.344 e. The molecule has 6 nitrogen and oxygen atoms in total. The summed E-state index contributed by atoms with van der Waals surface area (Å²) >= 11 is 0. The second kappa shape index (κ2) is 10.0. The monoisotopic (exact) mass is 369 g/mol. The minimum absolute atomic E-state index is 0.114. The van der Waals surface area contributed by atoms with Crippen molar-refractivity contribution in [3.8, 4) is 12.3 Å². The lowest BCUT2D eigenvalue weighted by Crippen LogP contribution is -2.39. The number of hydrogen-bond donors (Lipinski definition) is 3. The second-order valence-corrected chi connectivity index (χ2v) is 6.74. The van der Waals surface area contributed by atoms with Crippen LogP contribution < -0.4 is 16.0 Å². The lowest BCUT2D eigenvalue weighted by atomic mass is 10.2. The van der Waals surface area contributed by atoms with Gasteiger partial charge in [-0.25, -0.2) is 4.79 Å². The maximum absolute atomic E-state index is 12.4. The van der Waals surface area contributed by atoms with Gasteiger partial charge in [0.25, 0.3) is 0 Å². The summed E-state index contributed by atoms with van der Waals surface area (Å²) in [7, 11) is -1.17. The highest BCUT2D eigenvalue weighted by molar-refractivity contribution is 7.84. The van der Waals surface area contributed by atoms with Crippen molar-refractivity contribution in [1.29, 1.82) is 0 Å². The van der Waals surface area contributed by atoms with Gasteiger partial charge in [-0.3, -0.25) is 9.00 Å². The van der Waals surface area contributed by atoms with Crippen molar-refractivity contribution < 1.29 is 13.8 Å². The molecular formula is C19H19N3O3S. The molecule has 3 amide bonds. The minimum atomic E-state index is -1.17. The number of benzene rings is 2. The molecule has 0 saturated heterocycles. The van der Waals surface area contributed by atoms with Gasteiger partial charge in [0, 0.05) is 10.6 Å². The molecule has 7 heteroatoms. The fraction of sp³-hybridized carbons (Fsp3) is 0.158. The van der Waals surface area contributed by atoms with Gasteiger partial charge in [0.05, 0.1) is 29.6 Å². The van der Waals surface area contributed by atoms with Crippen LogP contribution in [0, 0.1) is 12.3 Å². The Kier molecular flexibility index (Phi) is 7.40. The van der Waals surface area contributed by atoms with Gasteiger partial charge in [-0.1, -0.05) is 36.3 Å². The number of terminal acetylenes is 1. The van der Waals surface area contributed by atoms with Crippen molar-refractivity contribution in [2.75, 3.05) is 18.4 Å². The number of amides is 3. The van der Waals surface area contributed by atoms with Gasteiger partial charge in [0.2, 0.25) is 5.91 Å². The summed E-state index contributed by atoms with van der Waals surface area (Å²) in [6.07, 6.45) is 5.03. The largest absolute Gasteiger partial charge is 0.344 e. The van der Waals surface area contributed by atoms with Gasteiger partial charge in [-0.05, 0) is 29.8 Å². The SMILES string of the molecule is C#CCNC(=O)CNC(=O)Nc1cccc(CS(=O)c2ccccc2)c1. The van der Waals surface area contributed by atoms with Gasteiger partial charge < -0.3 is 16.0 Å². The first-order valence-electron chi connectivity index (χ1n) is 7.86. The van der Waals surface area contributed by atoms with Crippen molar-refractivity contribution in [2.45, 2.75) is 10.6 Å². The highest BCUT2D eigenvalue weighted by atomic mass is 32.2. The molecular weight excluding hydrogens is 350 g/mol. The zero-order chi connectivity index (χ0) is 18.8. The lowest BCUT2D eigenvalue weighted by Gasteiger charge is -2.09. The van der Waals surface area contributed by atoms with Crippen LogP contribution in [0.25, 0.3) is 0 Å². The Morgan fingerprint density at radius 3 is 2.54 bits per heavy atom. The quantitative estimate of drug-likeness (QED) is 0.651. The number of carbonyl (C=O) groups excluding carboxylic acids is 2. The van der Waals surface area contributed by atoms with E-state index in [4.69, 9.17) is 6.42 Å². The van der Waals surface area contributed by atoms with Crippen molar-refractivity contribution in [3.05, 3.63) is 60.2 Å². The molecule has 0 bridgehead atoms. The van der Waals surface area contributed by atoms with Crippen LogP contribution >= 0.6 is 0 Å². The smallest absolute Gasteiger partial charge is 0.319 e. The summed E-state index contributed by atoms with van der Waals surface area (Å²) in [6.45, 7) is -0.0615. The van der Waals surface area contributed by atoms with Crippen molar-refractivity contribution in [3.63, 3.8) is 0 Å². The molecule has 1 atom stereocenters. The van der Waals surface area contributed by atoms with Gasteiger partial charge in [-0.15, -0.1) is 6.42 Å². The Bertz CT molecular complexity index is 831. The van der Waals surface area contributed by atoms with Crippen LogP contribution in [0.5, 0.6) is 0 Å². The maximum atomic E-state index is 12.4. The third-order valence-electron chi connectivity index (χ3n) is 3.29. The molecule has 0 aliphatic rings. The van der Waals surface area contributed by atoms with Crippen LogP contribution in [0.2, 0.25) is 0 Å². The molecule has 2 aromatic carbocycles. The van der Waals surface area contributed by atoms with E-state index in [2.05, 4.69) is 21.9 Å². The molecule has 0 aromatic heterocycles. The lowest BCUT2D eigenvalue weighted by molar-refractivity contribution is -0.119. The first-order valence-corrected chi connectivity index (χ1v) is 9.18. The Morgan fingerprint density at radius 2 is 1.81 bits per heavy atom. The predicted octanol–water partition coefficient (Wildman–Crippen LogP) is 1.87. The second-order valence-electron chi connectivity index (χ2n) is 5.29. The first-order chi connectivity index (χ1) is 12.6. The number of rotatable bonds is 7. The third-order valence-corrected chi connectivity index (χ3v) is 4.68. The van der Waals surface area contributed by atoms with E-state index < -0.39 is 16.8 Å². The van der Waals surface area contributed by atoms with Crippen LogP contribution in [-0.2, 0) is 21.3 Å². The van der Waals surface area contributed by atoms with E-state index in [-0.39, 0.29) is 19.0 Å². The van der Waals surface area contributed by atoms with E-state index in [1.807, 2.05) is 36.4 Å². The fourth-order valence-electron chi connectivity index (χ4n) is 2.09. The standard InChI is InChI=1S/C19H19N3O3S/c1-2-11-20-18(23)13-21-19(24)22-16-8-6-7-15(12-16)14-26(25)17-9-4-3-5-10-17/h1,3-10,12H,11,13-14H2,(H,20,23)(H2,21,22,24). The van der Waals surface area contributed by atoms with Crippen molar-refractivity contribution >= 4 is 28.4 Å². The molecule has 0 fully saturated rings. The zero-order valence-corrected chi connectivity index (χ0v) is 14.8. The van der Waals surface area contributed by atoms with Gasteiger partial charge in [0.1, 0.15) is 0 Å². The predicted molar refractivity (Wildman–Crippen MR) is 102 cm³/mol. The molecule has 3 N–H and O–H groups in total. The molecule has 134 valence electrons. The number of urea groups is 1. The van der Waals surface area contributed by atoms with E-state index in [9.17, 15) is 13.8 Å². The third kappa shape index (κ3) is 6.42. The Morgan fingerprint density at radius 1 is 1.04 bits per heavy atom. The summed E-state index contributed by atoms with van der Waals surface area (Å²) in [5, 5.41) is 7.52. The average Bonchev–Trinajstić information content (AvgIpc) is 2.65. The highest BCUT2D eigenvalue weighted by Gasteiger charge is 2.08. The fourth-order valence-corrected chi connectivity index (χ4v) is 3.20. The molecule has 0 spiro atoms. The molecule has 0 saturated carbocycles. The normalized spacial score (nSPS) is 11.0. The van der Waals surface area contributed by atoms with Crippen LogP contribution in [-0.4, -0.2) is 29.2 Å². The Hall–Kier alpha value is -3.11. The van der Waals surface area contributed by atoms with Crippen molar-refractivity contribution in [2.24, 2.45) is 0 Å². The summed E-state index contributed by atoms with van der Waals surface area (Å²) in [6, 6.07) is 15.8. The zero-order valence-electron chi connectivity index (χ0n) is 14.0. The van der Waals surface area contributed by atoms with Gasteiger partial charge >= 0.3 is 6.03 Å². The van der Waals surface area contributed by atoms with Crippen LogP contribution in [0.4, 0.5) is 10.5 Å². The van der Waals surface area contributed by atoms with Crippen LogP contribution in [0.15, 0.2) is 59.5 Å². The first kappa shape index (κ1) is 19.2. The highest BCUT2D eigenvalue weighted by Crippen LogP contribution is 2.15. The molecule has 0 aliphatic carbocycles. The van der Waals surface area contributed by atoms with Crippen molar-refractivity contribution in [1.82, 2.24) is 10.6 Å². The van der Waals surface area contributed by atoms with E-state index in [0.717, 1.165) is 10.5 Å². The molecule has 2 aromatic rings. The number of nitrogens with one attached hydrogen (secondary N) is 3. The molecule has 0 aliphatic heterocycles. The van der Waals surface area contributed by atoms with E-state index >= 15 is 0 Å². The molecule has 1 unspecified atom stereocenters. The molecule has 26 heavy (non-hydrogen) atoms. The summed E-state index contributed by atoms with van der Waals surface area (Å²) in [4.78, 5) is 24.0. The summed E-state index contributed by atoms with van der Waals surface area (Å²) in [5.41, 5.74) is 1.38. The van der Waals surface area contributed by atoms with E-state index in [1.165, 1.54) is 0 Å². The van der Waals surface area contributed by atoms with Gasteiger partial charge in [0.15, 0.2) is 0 Å². The summed E-state index contributed by atoms with van der Waals surface area (Å²) < 4.78 is 12.4. The summed E-state index contributed by atoms with van der Waals surface area (Å²) in [5.74, 6) is 2.25. The molecule has 2 rings (SSSR count). The topological polar surface area (TPSA) is 87.3 Å². The Balaban J connectivity index is 1.88. The van der Waals surface area contributed by atoms with Gasteiger partial charge in [-0.2, -0.15) is 0 Å².